The normalized spacial score (nSPS) is 11.1. The zero-order valence-electron chi connectivity index (χ0n) is 8.01. The predicted molar refractivity (Wildman–Crippen MR) is 57.5 cm³/mol. The van der Waals surface area contributed by atoms with Crippen LogP contribution < -0.4 is 15.6 Å². The molecule has 0 aliphatic rings. The van der Waals surface area contributed by atoms with E-state index in [2.05, 4.69) is 0 Å². The van der Waals surface area contributed by atoms with Gasteiger partial charge in [-0.25, -0.2) is 13.6 Å². The largest absolute Gasteiger partial charge is 0.482 e. The number of carbonyl (C=O) groups is 1. The number of hydrogen-bond acceptors (Lipinski definition) is 4. The van der Waals surface area contributed by atoms with E-state index in [1.54, 1.807) is 0 Å². The summed E-state index contributed by atoms with van der Waals surface area (Å²) < 4.78 is 27.2. The Morgan fingerprint density at radius 1 is 1.44 bits per heavy atom. The second-order valence-electron chi connectivity index (χ2n) is 2.89. The van der Waals surface area contributed by atoms with Gasteiger partial charge in [-0.15, -0.1) is 0 Å². The van der Waals surface area contributed by atoms with Crippen molar-refractivity contribution in [1.29, 1.82) is 0 Å². The molecule has 0 aliphatic carbocycles. The second-order valence-corrected chi connectivity index (χ2v) is 4.86. The molecule has 16 heavy (non-hydrogen) atoms. The standard InChI is InChI=1S/C8H9ClN2O4S/c9-5-1-2-6(15-4-8(10)12)7(3-5)16(11,13)14/h1-3H,4H2,(H2,10,12)(H2,11,13,14). The summed E-state index contributed by atoms with van der Waals surface area (Å²) in [4.78, 5) is 10.2. The Bertz CT molecular complexity index is 515. The number of hydrogen-bond donors (Lipinski definition) is 2. The molecule has 0 spiro atoms. The van der Waals surface area contributed by atoms with Crippen LogP contribution in [0.25, 0.3) is 0 Å². The lowest BCUT2D eigenvalue weighted by atomic mass is 10.3. The first kappa shape index (κ1) is 12.8. The van der Waals surface area contributed by atoms with E-state index in [0.717, 1.165) is 6.07 Å². The second kappa shape index (κ2) is 4.69. The van der Waals surface area contributed by atoms with Crippen LogP contribution in [0.5, 0.6) is 5.75 Å². The number of halogens is 1. The Labute approximate surface area is 97.2 Å². The monoisotopic (exact) mass is 264 g/mol. The van der Waals surface area contributed by atoms with E-state index in [0.29, 0.717) is 0 Å². The van der Waals surface area contributed by atoms with Gasteiger partial charge < -0.3 is 10.5 Å². The lowest BCUT2D eigenvalue weighted by Gasteiger charge is -2.08. The van der Waals surface area contributed by atoms with Gasteiger partial charge in [-0.05, 0) is 18.2 Å². The van der Waals surface area contributed by atoms with E-state index in [1.807, 2.05) is 0 Å². The first-order valence-corrected chi connectivity index (χ1v) is 5.96. The van der Waals surface area contributed by atoms with Crippen LogP contribution in [0.3, 0.4) is 0 Å². The molecule has 0 atom stereocenters. The summed E-state index contributed by atoms with van der Waals surface area (Å²) in [6.07, 6.45) is 0. The first-order chi connectivity index (χ1) is 7.30. The zero-order chi connectivity index (χ0) is 12.3. The fourth-order valence-corrected chi connectivity index (χ4v) is 1.91. The van der Waals surface area contributed by atoms with Crippen molar-refractivity contribution >= 4 is 27.5 Å². The van der Waals surface area contributed by atoms with Gasteiger partial charge in [0.15, 0.2) is 6.61 Å². The molecule has 0 saturated carbocycles. The maximum atomic E-state index is 11.2. The molecule has 6 nitrogen and oxygen atoms in total. The maximum absolute atomic E-state index is 11.2. The average Bonchev–Trinajstić information content (AvgIpc) is 2.14. The quantitative estimate of drug-likeness (QED) is 0.787. The minimum absolute atomic E-state index is 0.0642. The number of benzene rings is 1. The molecule has 1 aromatic rings. The van der Waals surface area contributed by atoms with Gasteiger partial charge in [0.25, 0.3) is 5.91 Å². The van der Waals surface area contributed by atoms with E-state index in [4.69, 9.17) is 27.2 Å². The molecule has 0 aliphatic heterocycles. The molecule has 1 aromatic carbocycles. The van der Waals surface area contributed by atoms with Crippen LogP contribution in [-0.4, -0.2) is 20.9 Å². The third-order valence-corrected chi connectivity index (χ3v) is 2.75. The van der Waals surface area contributed by atoms with E-state index in [-0.39, 0.29) is 15.7 Å². The van der Waals surface area contributed by atoms with Crippen molar-refractivity contribution in [1.82, 2.24) is 0 Å². The van der Waals surface area contributed by atoms with E-state index in [1.165, 1.54) is 12.1 Å². The van der Waals surface area contributed by atoms with Gasteiger partial charge in [-0.2, -0.15) is 0 Å². The van der Waals surface area contributed by atoms with Gasteiger partial charge in [0.05, 0.1) is 0 Å². The summed E-state index contributed by atoms with van der Waals surface area (Å²) in [7, 11) is -3.97. The molecule has 0 radical (unpaired) electrons. The van der Waals surface area contributed by atoms with Crippen LogP contribution >= 0.6 is 11.6 Å². The highest BCUT2D eigenvalue weighted by atomic mass is 35.5. The van der Waals surface area contributed by atoms with Gasteiger partial charge >= 0.3 is 0 Å². The maximum Gasteiger partial charge on any atom is 0.255 e. The van der Waals surface area contributed by atoms with Crippen LogP contribution in [0.15, 0.2) is 23.1 Å². The highest BCUT2D eigenvalue weighted by Gasteiger charge is 2.16. The molecule has 88 valence electrons. The average molecular weight is 265 g/mol. The first-order valence-electron chi connectivity index (χ1n) is 4.04. The Hall–Kier alpha value is -1.31. The minimum atomic E-state index is -3.97. The van der Waals surface area contributed by atoms with Crippen LogP contribution in [0.4, 0.5) is 0 Å². The molecule has 0 saturated heterocycles. The minimum Gasteiger partial charge on any atom is -0.482 e. The summed E-state index contributed by atoms with van der Waals surface area (Å²) >= 11 is 5.62. The Morgan fingerprint density at radius 2 is 2.06 bits per heavy atom. The van der Waals surface area contributed by atoms with Crippen molar-refractivity contribution in [2.75, 3.05) is 6.61 Å². The lowest BCUT2D eigenvalue weighted by Crippen LogP contribution is -2.21. The van der Waals surface area contributed by atoms with Gasteiger partial charge in [-0.3, -0.25) is 4.79 Å². The van der Waals surface area contributed by atoms with Gasteiger partial charge in [0, 0.05) is 5.02 Å². The summed E-state index contributed by atoms with van der Waals surface area (Å²) in [6, 6.07) is 3.84. The summed E-state index contributed by atoms with van der Waals surface area (Å²) in [6.45, 7) is -0.440. The molecule has 8 heteroatoms. The van der Waals surface area contributed by atoms with E-state index in [9.17, 15) is 13.2 Å². The lowest BCUT2D eigenvalue weighted by molar-refractivity contribution is -0.120. The number of ether oxygens (including phenoxy) is 1. The molecule has 0 aromatic heterocycles. The number of nitrogens with two attached hydrogens (primary N) is 2. The fraction of sp³-hybridized carbons (Fsp3) is 0.125. The van der Waals surface area contributed by atoms with Crippen LogP contribution in [0.1, 0.15) is 0 Å². The SMILES string of the molecule is NC(=O)COc1ccc(Cl)cc1S(N)(=O)=O. The highest BCUT2D eigenvalue weighted by Crippen LogP contribution is 2.26. The van der Waals surface area contributed by atoms with E-state index >= 15 is 0 Å². The molecular weight excluding hydrogens is 256 g/mol. The fourth-order valence-electron chi connectivity index (χ4n) is 0.972. The van der Waals surface area contributed by atoms with Crippen molar-refractivity contribution in [3.8, 4) is 5.75 Å². The molecule has 0 fully saturated rings. The molecular formula is C8H9ClN2O4S. The van der Waals surface area contributed by atoms with Crippen LogP contribution in [0, 0.1) is 0 Å². The van der Waals surface area contributed by atoms with Crippen LogP contribution in [-0.2, 0) is 14.8 Å². The highest BCUT2D eigenvalue weighted by molar-refractivity contribution is 7.89. The van der Waals surface area contributed by atoms with Crippen molar-refractivity contribution in [3.63, 3.8) is 0 Å². The number of sulfonamides is 1. The molecule has 1 rings (SSSR count). The Kier molecular flexibility index (Phi) is 3.74. The molecule has 0 bridgehead atoms. The zero-order valence-corrected chi connectivity index (χ0v) is 9.59. The smallest absolute Gasteiger partial charge is 0.255 e. The number of rotatable bonds is 4. The van der Waals surface area contributed by atoms with Crippen molar-refractivity contribution in [2.24, 2.45) is 10.9 Å². The van der Waals surface area contributed by atoms with Crippen molar-refractivity contribution in [2.45, 2.75) is 4.90 Å². The number of amides is 1. The summed E-state index contributed by atoms with van der Waals surface area (Å²) in [5, 5.41) is 5.14. The van der Waals surface area contributed by atoms with Gasteiger partial charge in [0.2, 0.25) is 10.0 Å². The number of primary amides is 1. The molecule has 0 unspecified atom stereocenters. The summed E-state index contributed by atoms with van der Waals surface area (Å²) in [5.74, 6) is -0.791. The van der Waals surface area contributed by atoms with Gasteiger partial charge in [-0.1, -0.05) is 11.6 Å². The van der Waals surface area contributed by atoms with E-state index < -0.39 is 22.5 Å². The summed E-state index contributed by atoms with van der Waals surface area (Å²) in [5.41, 5.74) is 4.86. The van der Waals surface area contributed by atoms with Crippen molar-refractivity contribution < 1.29 is 17.9 Å². The molecule has 1 amide bonds. The van der Waals surface area contributed by atoms with Crippen molar-refractivity contribution in [3.05, 3.63) is 23.2 Å². The molecule has 4 N–H and O–H groups in total. The topological polar surface area (TPSA) is 112 Å². The molecule has 0 heterocycles. The predicted octanol–water partition coefficient (Wildman–Crippen LogP) is -0.148. The third-order valence-electron chi connectivity index (χ3n) is 1.58. The number of primary sulfonamides is 1. The Balaban J connectivity index is 3.13. The third kappa shape index (κ3) is 3.37. The Morgan fingerprint density at radius 3 is 2.56 bits per heavy atom. The van der Waals surface area contributed by atoms with Gasteiger partial charge in [0.1, 0.15) is 10.6 Å². The number of carbonyl (C=O) groups excluding carboxylic acids is 1. The van der Waals surface area contributed by atoms with Crippen LogP contribution in [0.2, 0.25) is 5.02 Å².